The van der Waals surface area contributed by atoms with Gasteiger partial charge in [-0.05, 0) is 5.92 Å². The molecule has 0 heterocycles. The molecule has 0 fully saturated rings. The van der Waals surface area contributed by atoms with Gasteiger partial charge >= 0.3 is 0 Å². The van der Waals surface area contributed by atoms with Crippen LogP contribution in [-0.2, 0) is 0 Å². The van der Waals surface area contributed by atoms with E-state index in [1.165, 1.54) is 5.92 Å². The van der Waals surface area contributed by atoms with Gasteiger partial charge in [0.15, 0.2) is 0 Å². The second-order valence-electron chi connectivity index (χ2n) is 1.88. The van der Waals surface area contributed by atoms with Crippen LogP contribution in [0.3, 0.4) is 0 Å². The molecule has 1 radical (unpaired) electrons. The van der Waals surface area contributed by atoms with Crippen molar-refractivity contribution in [1.82, 2.24) is 0 Å². The van der Waals surface area contributed by atoms with Gasteiger partial charge in [0, 0.05) is 11.8 Å². The van der Waals surface area contributed by atoms with Crippen LogP contribution >= 0.6 is 23.2 Å². The molecule has 51 valence electrons. The van der Waals surface area contributed by atoms with Crippen LogP contribution in [0.5, 0.6) is 0 Å². The van der Waals surface area contributed by atoms with Crippen molar-refractivity contribution in [2.75, 3.05) is 11.8 Å². The minimum Gasteiger partial charge on any atom is -0.125 e. The molecule has 0 unspecified atom stereocenters. The molecule has 2 heteroatoms. The third kappa shape index (κ3) is 82.1. The molecule has 0 aromatic heterocycles. The Labute approximate surface area is 62.2 Å². The maximum Gasteiger partial charge on any atom is 0.0359 e. The fourth-order valence-corrected chi connectivity index (χ4v) is 0. The second-order valence-corrected chi connectivity index (χ2v) is 2.63. The molecular formula is C6H13Cl2. The Hall–Kier alpha value is 0.580. The fraction of sp³-hybridized carbons (Fsp3) is 0.833. The molecule has 0 aromatic rings. The first-order valence-corrected chi connectivity index (χ1v) is 3.60. The van der Waals surface area contributed by atoms with E-state index < -0.39 is 0 Å². The Morgan fingerprint density at radius 2 is 1.12 bits per heavy atom. The van der Waals surface area contributed by atoms with Crippen molar-refractivity contribution in [2.24, 2.45) is 0 Å². The molecule has 0 spiro atoms. The number of hydrogen-bond donors (Lipinski definition) is 0. The fourth-order valence-electron chi connectivity index (χ4n) is 0. The minimum atomic E-state index is 0.557. The van der Waals surface area contributed by atoms with Crippen LogP contribution in [0.15, 0.2) is 0 Å². The van der Waals surface area contributed by atoms with Gasteiger partial charge in [-0.3, -0.25) is 0 Å². The molecule has 8 heavy (non-hydrogen) atoms. The lowest BCUT2D eigenvalue weighted by Gasteiger charge is -1.78. The summed E-state index contributed by atoms with van der Waals surface area (Å²) < 4.78 is 0. The Balaban J connectivity index is 0. The SMILES string of the molecule is C[C](C)C.ClCCCl. The van der Waals surface area contributed by atoms with E-state index in [0.717, 1.165) is 0 Å². The highest BCUT2D eigenvalue weighted by Crippen LogP contribution is 1.85. The molecule has 0 amide bonds. The zero-order valence-electron chi connectivity index (χ0n) is 5.67. The molecule has 0 nitrogen and oxygen atoms in total. The predicted molar refractivity (Wildman–Crippen MR) is 41.7 cm³/mol. The Morgan fingerprint density at radius 1 is 1.00 bits per heavy atom. The lowest BCUT2D eigenvalue weighted by molar-refractivity contribution is 1.10. The van der Waals surface area contributed by atoms with E-state index in [1.54, 1.807) is 0 Å². The van der Waals surface area contributed by atoms with Crippen LogP contribution in [0, 0.1) is 5.92 Å². The molecule has 0 bridgehead atoms. The minimum absolute atomic E-state index is 0.557. The highest BCUT2D eigenvalue weighted by molar-refractivity contribution is 6.25. The first-order chi connectivity index (χ1) is 3.65. The predicted octanol–water partition coefficient (Wildman–Crippen LogP) is 3.08. The normalized spacial score (nSPS) is 8.25. The first-order valence-electron chi connectivity index (χ1n) is 2.53. The summed E-state index contributed by atoms with van der Waals surface area (Å²) in [5.74, 6) is 2.53. The van der Waals surface area contributed by atoms with Crippen LogP contribution in [0.25, 0.3) is 0 Å². The lowest BCUT2D eigenvalue weighted by Crippen LogP contribution is -1.63. The van der Waals surface area contributed by atoms with E-state index in [0.29, 0.717) is 11.8 Å². The monoisotopic (exact) mass is 155 g/mol. The number of halogens is 2. The lowest BCUT2D eigenvalue weighted by atomic mass is 10.3. The van der Waals surface area contributed by atoms with E-state index in [4.69, 9.17) is 23.2 Å². The molecule has 0 aliphatic heterocycles. The molecule has 0 aromatic carbocycles. The molecule has 0 atom stereocenters. The number of alkyl halides is 2. The largest absolute Gasteiger partial charge is 0.125 e. The highest BCUT2D eigenvalue weighted by atomic mass is 35.5. The van der Waals surface area contributed by atoms with Crippen LogP contribution in [0.2, 0.25) is 0 Å². The van der Waals surface area contributed by atoms with Gasteiger partial charge in [0.2, 0.25) is 0 Å². The third-order valence-electron chi connectivity index (χ3n) is 0.0714. The summed E-state index contributed by atoms with van der Waals surface area (Å²) in [5.41, 5.74) is 0. The van der Waals surface area contributed by atoms with Crippen molar-refractivity contribution < 1.29 is 0 Å². The first kappa shape index (κ1) is 11.4. The van der Waals surface area contributed by atoms with Gasteiger partial charge in [0.05, 0.1) is 0 Å². The van der Waals surface area contributed by atoms with E-state index in [1.807, 2.05) is 0 Å². The van der Waals surface area contributed by atoms with Crippen LogP contribution in [0.1, 0.15) is 20.8 Å². The van der Waals surface area contributed by atoms with Gasteiger partial charge in [-0.2, -0.15) is 0 Å². The second kappa shape index (κ2) is 10.5. The molecule has 0 aliphatic carbocycles. The van der Waals surface area contributed by atoms with Gasteiger partial charge in [-0.1, -0.05) is 20.8 Å². The van der Waals surface area contributed by atoms with E-state index >= 15 is 0 Å². The molecule has 0 saturated heterocycles. The van der Waals surface area contributed by atoms with E-state index in [9.17, 15) is 0 Å². The summed E-state index contributed by atoms with van der Waals surface area (Å²) in [7, 11) is 0. The van der Waals surface area contributed by atoms with Crippen molar-refractivity contribution >= 4 is 23.2 Å². The Bertz CT molecular complexity index is 23.0. The summed E-state index contributed by atoms with van der Waals surface area (Å²) in [5, 5.41) is 0. The van der Waals surface area contributed by atoms with Crippen molar-refractivity contribution in [3.05, 3.63) is 5.92 Å². The van der Waals surface area contributed by atoms with Crippen molar-refractivity contribution in [1.29, 1.82) is 0 Å². The number of rotatable bonds is 1. The van der Waals surface area contributed by atoms with Crippen molar-refractivity contribution in [3.63, 3.8) is 0 Å². The summed E-state index contributed by atoms with van der Waals surface area (Å²) in [6.45, 7) is 6.25. The van der Waals surface area contributed by atoms with Gasteiger partial charge in [-0.25, -0.2) is 0 Å². The van der Waals surface area contributed by atoms with Gasteiger partial charge < -0.3 is 0 Å². The van der Waals surface area contributed by atoms with Gasteiger partial charge in [-0.15, -0.1) is 23.2 Å². The van der Waals surface area contributed by atoms with E-state index in [-0.39, 0.29) is 0 Å². The zero-order chi connectivity index (χ0) is 6.99. The maximum atomic E-state index is 5.05. The zero-order valence-corrected chi connectivity index (χ0v) is 7.18. The third-order valence-corrected chi connectivity index (χ3v) is 0.643. The highest BCUT2D eigenvalue weighted by Gasteiger charge is 1.69. The molecule has 0 rings (SSSR count). The van der Waals surface area contributed by atoms with Crippen molar-refractivity contribution in [2.45, 2.75) is 20.8 Å². The molecule has 0 N–H and O–H groups in total. The average molecular weight is 156 g/mol. The molecular weight excluding hydrogens is 143 g/mol. The smallest absolute Gasteiger partial charge is 0.0359 e. The topological polar surface area (TPSA) is 0 Å². The molecule has 0 saturated carbocycles. The maximum absolute atomic E-state index is 5.05. The van der Waals surface area contributed by atoms with Crippen LogP contribution in [0.4, 0.5) is 0 Å². The summed E-state index contributed by atoms with van der Waals surface area (Å²) in [6.07, 6.45) is 0. The summed E-state index contributed by atoms with van der Waals surface area (Å²) in [6, 6.07) is 0. The van der Waals surface area contributed by atoms with Gasteiger partial charge in [0.25, 0.3) is 0 Å². The Kier molecular flexibility index (Phi) is 15.0. The van der Waals surface area contributed by atoms with Crippen LogP contribution < -0.4 is 0 Å². The van der Waals surface area contributed by atoms with Crippen LogP contribution in [-0.4, -0.2) is 11.8 Å². The molecule has 0 aliphatic rings. The van der Waals surface area contributed by atoms with Gasteiger partial charge in [0.1, 0.15) is 0 Å². The quantitative estimate of drug-likeness (QED) is 0.511. The summed E-state index contributed by atoms with van der Waals surface area (Å²) in [4.78, 5) is 0. The average Bonchev–Trinajstić information content (AvgIpc) is 1.65. The standard InChI is InChI=1S/C4H9.C2H4Cl2/c1-4(2)3;3-1-2-4/h1-3H3;1-2H2. The summed E-state index contributed by atoms with van der Waals surface area (Å²) >= 11 is 10.1. The van der Waals surface area contributed by atoms with E-state index in [2.05, 4.69) is 20.8 Å². The Morgan fingerprint density at radius 3 is 1.12 bits per heavy atom. The van der Waals surface area contributed by atoms with Crippen molar-refractivity contribution in [3.8, 4) is 0 Å². The number of hydrogen-bond acceptors (Lipinski definition) is 0.